The van der Waals surface area contributed by atoms with Crippen LogP contribution in [0.15, 0.2) is 18.3 Å². The summed E-state index contributed by atoms with van der Waals surface area (Å²) in [5.41, 5.74) is 3.82. The van der Waals surface area contributed by atoms with E-state index in [-0.39, 0.29) is 5.78 Å². The lowest BCUT2D eigenvalue weighted by Crippen LogP contribution is -2.04. The van der Waals surface area contributed by atoms with Crippen molar-refractivity contribution in [2.24, 2.45) is 0 Å². The Hall–Kier alpha value is -1.49. The van der Waals surface area contributed by atoms with Crippen LogP contribution in [0.5, 0.6) is 0 Å². The number of rotatable bonds is 6. The van der Waals surface area contributed by atoms with E-state index in [1.807, 2.05) is 36.9 Å². The van der Waals surface area contributed by atoms with Gasteiger partial charge in [0.25, 0.3) is 0 Å². The smallest absolute Gasteiger partial charge is 0.174 e. The molecule has 0 atom stereocenters. The predicted molar refractivity (Wildman–Crippen MR) is 83.4 cm³/mol. The first kappa shape index (κ1) is 14.9. The van der Waals surface area contributed by atoms with Crippen molar-refractivity contribution in [2.45, 2.75) is 39.5 Å². The van der Waals surface area contributed by atoms with Crippen LogP contribution in [-0.2, 0) is 5.75 Å². The second kappa shape index (κ2) is 6.31. The van der Waals surface area contributed by atoms with Gasteiger partial charge in [-0.15, -0.1) is 11.8 Å². The number of aryl methyl sites for hydroxylation is 2. The minimum atomic E-state index is 0.181. The van der Waals surface area contributed by atoms with E-state index in [0.29, 0.717) is 11.8 Å². The third-order valence-electron chi connectivity index (χ3n) is 3.13. The summed E-state index contributed by atoms with van der Waals surface area (Å²) >= 11 is 1.61. The molecule has 4 nitrogen and oxygen atoms in total. The fourth-order valence-electron chi connectivity index (χ4n) is 2.08. The lowest BCUT2D eigenvalue weighted by Gasteiger charge is -2.03. The minimum Gasteiger partial charge on any atom is -0.362 e. The molecular formula is C15H21N3OS. The fourth-order valence-corrected chi connectivity index (χ4v) is 2.89. The highest BCUT2D eigenvalue weighted by atomic mass is 32.2. The maximum atomic E-state index is 12.1. The summed E-state index contributed by atoms with van der Waals surface area (Å²) in [6.45, 7) is 8.11. The largest absolute Gasteiger partial charge is 0.362 e. The van der Waals surface area contributed by atoms with Crippen molar-refractivity contribution in [1.82, 2.24) is 14.8 Å². The van der Waals surface area contributed by atoms with Gasteiger partial charge in [-0.25, -0.2) is 0 Å². The van der Waals surface area contributed by atoms with Crippen molar-refractivity contribution in [3.63, 3.8) is 0 Å². The van der Waals surface area contributed by atoms with Crippen molar-refractivity contribution in [3.8, 4) is 0 Å². The zero-order valence-corrected chi connectivity index (χ0v) is 13.3. The summed E-state index contributed by atoms with van der Waals surface area (Å²) in [6.07, 6.45) is 1.99. The Morgan fingerprint density at radius 3 is 2.75 bits per heavy atom. The normalized spacial score (nSPS) is 11.2. The average Bonchev–Trinajstić information content (AvgIpc) is 2.96. The van der Waals surface area contributed by atoms with Gasteiger partial charge >= 0.3 is 0 Å². The van der Waals surface area contributed by atoms with Crippen LogP contribution in [0.4, 0.5) is 0 Å². The highest BCUT2D eigenvalue weighted by Crippen LogP contribution is 2.16. The van der Waals surface area contributed by atoms with E-state index >= 15 is 0 Å². The van der Waals surface area contributed by atoms with E-state index in [1.165, 1.54) is 0 Å². The summed E-state index contributed by atoms with van der Waals surface area (Å²) in [7, 11) is 0. The van der Waals surface area contributed by atoms with E-state index in [1.54, 1.807) is 11.8 Å². The van der Waals surface area contributed by atoms with Gasteiger partial charge < -0.3 is 4.98 Å². The Morgan fingerprint density at radius 1 is 1.45 bits per heavy atom. The number of hydrogen-bond donors (Lipinski definition) is 1. The Morgan fingerprint density at radius 2 is 2.20 bits per heavy atom. The van der Waals surface area contributed by atoms with Crippen LogP contribution in [0.1, 0.15) is 47.3 Å². The highest BCUT2D eigenvalue weighted by molar-refractivity contribution is 7.99. The van der Waals surface area contributed by atoms with Gasteiger partial charge in [-0.3, -0.25) is 9.48 Å². The van der Waals surface area contributed by atoms with E-state index in [9.17, 15) is 4.79 Å². The van der Waals surface area contributed by atoms with Crippen LogP contribution in [0, 0.1) is 13.8 Å². The second-order valence-electron chi connectivity index (χ2n) is 5.29. The van der Waals surface area contributed by atoms with Gasteiger partial charge in [-0.1, -0.05) is 0 Å². The number of thioether (sulfide) groups is 1. The number of nitrogens with one attached hydrogen (secondary N) is 1. The summed E-state index contributed by atoms with van der Waals surface area (Å²) in [4.78, 5) is 15.3. The molecule has 108 valence electrons. The molecule has 20 heavy (non-hydrogen) atoms. The minimum absolute atomic E-state index is 0.181. The molecule has 5 heteroatoms. The van der Waals surface area contributed by atoms with Crippen molar-refractivity contribution >= 4 is 17.5 Å². The molecule has 1 N–H and O–H groups in total. The molecule has 0 spiro atoms. The summed E-state index contributed by atoms with van der Waals surface area (Å²) < 4.78 is 1.94. The molecule has 0 fully saturated rings. The fraction of sp³-hybridized carbons (Fsp3) is 0.467. The van der Waals surface area contributed by atoms with Crippen molar-refractivity contribution < 1.29 is 4.79 Å². The molecule has 0 unspecified atom stereocenters. The first-order valence-corrected chi connectivity index (χ1v) is 7.94. The standard InChI is InChI=1S/C15H21N3OS/c1-10(2)18-6-5-13(17-18)8-20-9-15(19)14-7-11(3)16-12(14)4/h5-7,10,16H,8-9H2,1-4H3. The summed E-state index contributed by atoms with van der Waals surface area (Å²) in [6, 6.07) is 4.32. The van der Waals surface area contributed by atoms with Crippen molar-refractivity contribution in [2.75, 3.05) is 5.75 Å². The van der Waals surface area contributed by atoms with E-state index in [4.69, 9.17) is 0 Å². The Kier molecular flexibility index (Phi) is 4.70. The molecule has 0 aliphatic rings. The summed E-state index contributed by atoms with van der Waals surface area (Å²) in [5.74, 6) is 1.45. The first-order valence-electron chi connectivity index (χ1n) is 6.78. The van der Waals surface area contributed by atoms with Crippen LogP contribution in [0.3, 0.4) is 0 Å². The molecular weight excluding hydrogens is 270 g/mol. The van der Waals surface area contributed by atoms with Gasteiger partial charge in [-0.2, -0.15) is 5.10 Å². The number of H-pyrrole nitrogens is 1. The maximum Gasteiger partial charge on any atom is 0.174 e. The number of hydrogen-bond acceptors (Lipinski definition) is 3. The Labute approximate surface area is 124 Å². The second-order valence-corrected chi connectivity index (χ2v) is 6.27. The van der Waals surface area contributed by atoms with Gasteiger partial charge in [0.1, 0.15) is 0 Å². The molecule has 2 aromatic heterocycles. The van der Waals surface area contributed by atoms with Crippen LogP contribution in [0.25, 0.3) is 0 Å². The van der Waals surface area contributed by atoms with E-state index in [0.717, 1.165) is 28.4 Å². The molecule has 0 aliphatic carbocycles. The van der Waals surface area contributed by atoms with Crippen LogP contribution in [-0.4, -0.2) is 26.3 Å². The molecule has 0 aromatic carbocycles. The van der Waals surface area contributed by atoms with Crippen LogP contribution in [0.2, 0.25) is 0 Å². The van der Waals surface area contributed by atoms with Gasteiger partial charge in [0.2, 0.25) is 0 Å². The molecule has 0 amide bonds. The number of carbonyl (C=O) groups is 1. The molecule has 2 aromatic rings. The van der Waals surface area contributed by atoms with Crippen molar-refractivity contribution in [3.05, 3.63) is 41.0 Å². The number of ketones is 1. The molecule has 2 heterocycles. The topological polar surface area (TPSA) is 50.7 Å². The molecule has 0 aliphatic heterocycles. The Bertz CT molecular complexity index is 598. The van der Waals surface area contributed by atoms with E-state index < -0.39 is 0 Å². The monoisotopic (exact) mass is 291 g/mol. The highest BCUT2D eigenvalue weighted by Gasteiger charge is 2.12. The molecule has 0 saturated carbocycles. The number of nitrogens with zero attached hydrogens (tertiary/aromatic N) is 2. The lowest BCUT2D eigenvalue weighted by molar-refractivity contribution is 0.102. The zero-order valence-electron chi connectivity index (χ0n) is 12.4. The number of aromatic amines is 1. The van der Waals surface area contributed by atoms with Gasteiger partial charge in [0.05, 0.1) is 11.4 Å². The van der Waals surface area contributed by atoms with Gasteiger partial charge in [0, 0.05) is 34.9 Å². The van der Waals surface area contributed by atoms with Gasteiger partial charge in [-0.05, 0) is 39.8 Å². The quantitative estimate of drug-likeness (QED) is 0.828. The number of carbonyl (C=O) groups excluding carboxylic acids is 1. The molecule has 0 saturated heterocycles. The maximum absolute atomic E-state index is 12.1. The Balaban J connectivity index is 1.86. The number of aromatic nitrogens is 3. The zero-order chi connectivity index (χ0) is 14.7. The molecule has 2 rings (SSSR count). The predicted octanol–water partition coefficient (Wildman–Crippen LogP) is 3.53. The van der Waals surface area contributed by atoms with Crippen LogP contribution >= 0.6 is 11.8 Å². The van der Waals surface area contributed by atoms with E-state index in [2.05, 4.69) is 23.9 Å². The lowest BCUT2D eigenvalue weighted by atomic mass is 10.2. The van der Waals surface area contributed by atoms with Crippen molar-refractivity contribution in [1.29, 1.82) is 0 Å². The molecule has 0 radical (unpaired) electrons. The third-order valence-corrected chi connectivity index (χ3v) is 4.09. The van der Waals surface area contributed by atoms with Gasteiger partial charge in [0.15, 0.2) is 5.78 Å². The summed E-state index contributed by atoms with van der Waals surface area (Å²) in [5, 5.41) is 4.48. The average molecular weight is 291 g/mol. The number of Topliss-reactive ketones (excluding diaryl/α,β-unsaturated/α-hetero) is 1. The van der Waals surface area contributed by atoms with Crippen LogP contribution < -0.4 is 0 Å². The first-order chi connectivity index (χ1) is 9.47. The SMILES string of the molecule is Cc1cc(C(=O)CSCc2ccn(C(C)C)n2)c(C)[nH]1. The molecule has 0 bridgehead atoms. The third kappa shape index (κ3) is 3.54.